The number of amides is 2. The highest BCUT2D eigenvalue weighted by Gasteiger charge is 2.17. The van der Waals surface area contributed by atoms with Crippen molar-refractivity contribution < 1.29 is 9.59 Å². The van der Waals surface area contributed by atoms with Crippen LogP contribution in [0.3, 0.4) is 0 Å². The quantitative estimate of drug-likeness (QED) is 0.155. The second kappa shape index (κ2) is 20.2. The maximum Gasteiger partial charge on any atom is 0.234 e. The Labute approximate surface area is 209 Å². The minimum Gasteiger partial charge on any atom is -0.368 e. The molecule has 0 aliphatic heterocycles. The van der Waals surface area contributed by atoms with E-state index in [-0.39, 0.29) is 17.9 Å². The summed E-state index contributed by atoms with van der Waals surface area (Å²) < 4.78 is 0. The molecule has 1 aromatic rings. The molecule has 0 heterocycles. The molecular weight excluding hydrogens is 450 g/mol. The standard InChI is InChI=1S/C26H45N3O2S2/c1-3-4-5-6-7-8-9-13-16-23(33-32-20-18-25(30)28-2)17-19-29-24(26(27)31)21-22-14-11-10-12-15-22/h10-12,14-15,23-24,29H,3-9,13,16-21H2,1-2H3,(H2,27,31)(H,28,30)/t23?,24-/m1/s1. The Kier molecular flexibility index (Phi) is 18.3. The lowest BCUT2D eigenvalue weighted by Gasteiger charge is -2.19. The van der Waals surface area contributed by atoms with Gasteiger partial charge in [0.2, 0.25) is 11.8 Å². The maximum absolute atomic E-state index is 11.9. The van der Waals surface area contributed by atoms with Crippen LogP contribution in [-0.4, -0.2) is 42.5 Å². The Balaban J connectivity index is 2.39. The Hall–Kier alpha value is -1.18. The summed E-state index contributed by atoms with van der Waals surface area (Å²) >= 11 is 0. The number of hydrogen-bond donors (Lipinski definition) is 3. The Morgan fingerprint density at radius 1 is 0.970 bits per heavy atom. The maximum atomic E-state index is 11.9. The van der Waals surface area contributed by atoms with Crippen LogP contribution in [0.25, 0.3) is 0 Å². The third-order valence-corrected chi connectivity index (χ3v) is 8.73. The summed E-state index contributed by atoms with van der Waals surface area (Å²) in [5, 5.41) is 6.58. The van der Waals surface area contributed by atoms with Crippen molar-refractivity contribution in [3.63, 3.8) is 0 Å². The first-order valence-corrected chi connectivity index (χ1v) is 15.0. The molecule has 0 aliphatic rings. The highest BCUT2D eigenvalue weighted by atomic mass is 33.1. The van der Waals surface area contributed by atoms with E-state index in [1.807, 2.05) is 41.1 Å². The molecule has 2 amide bonds. The lowest BCUT2D eigenvalue weighted by molar-refractivity contribution is -0.120. The minimum atomic E-state index is -0.345. The minimum absolute atomic E-state index is 0.0922. The number of nitrogens with one attached hydrogen (secondary N) is 2. The van der Waals surface area contributed by atoms with Gasteiger partial charge in [-0.15, -0.1) is 0 Å². The normalized spacial score (nSPS) is 12.9. The van der Waals surface area contributed by atoms with Crippen LogP contribution in [0.2, 0.25) is 0 Å². The van der Waals surface area contributed by atoms with Crippen molar-refractivity contribution >= 4 is 33.4 Å². The van der Waals surface area contributed by atoms with Gasteiger partial charge in [-0.05, 0) is 31.4 Å². The van der Waals surface area contributed by atoms with Crippen LogP contribution in [0.4, 0.5) is 0 Å². The fourth-order valence-corrected chi connectivity index (χ4v) is 6.42. The van der Waals surface area contributed by atoms with Gasteiger partial charge >= 0.3 is 0 Å². The van der Waals surface area contributed by atoms with Crippen LogP contribution < -0.4 is 16.4 Å². The van der Waals surface area contributed by atoms with E-state index in [0.29, 0.717) is 18.1 Å². The third-order valence-electron chi connectivity index (χ3n) is 5.76. The van der Waals surface area contributed by atoms with E-state index in [1.54, 1.807) is 17.8 Å². The second-order valence-corrected chi connectivity index (χ2v) is 11.4. The highest BCUT2D eigenvalue weighted by Crippen LogP contribution is 2.32. The molecule has 0 aliphatic carbocycles. The van der Waals surface area contributed by atoms with Crippen molar-refractivity contribution in [2.45, 2.75) is 95.3 Å². The topological polar surface area (TPSA) is 84.2 Å². The molecule has 188 valence electrons. The Bertz CT molecular complexity index is 631. The van der Waals surface area contributed by atoms with E-state index in [1.165, 1.54) is 57.8 Å². The third kappa shape index (κ3) is 16.1. The molecule has 7 heteroatoms. The molecular formula is C26H45N3O2S2. The molecule has 33 heavy (non-hydrogen) atoms. The van der Waals surface area contributed by atoms with E-state index in [4.69, 9.17) is 5.73 Å². The van der Waals surface area contributed by atoms with E-state index in [9.17, 15) is 9.59 Å². The summed E-state index contributed by atoms with van der Waals surface area (Å²) in [5.41, 5.74) is 6.76. The van der Waals surface area contributed by atoms with Crippen LogP contribution in [-0.2, 0) is 16.0 Å². The number of nitrogens with two attached hydrogens (primary N) is 1. The lowest BCUT2D eigenvalue weighted by Crippen LogP contribution is -2.43. The number of hydrogen-bond acceptors (Lipinski definition) is 5. The average molecular weight is 496 g/mol. The number of benzene rings is 1. The number of carbonyl (C=O) groups is 2. The van der Waals surface area contributed by atoms with Crippen LogP contribution in [0.1, 0.15) is 83.1 Å². The fraction of sp³-hybridized carbons (Fsp3) is 0.692. The first kappa shape index (κ1) is 29.9. The molecule has 0 aromatic heterocycles. The number of carbonyl (C=O) groups excluding carboxylic acids is 2. The highest BCUT2D eigenvalue weighted by molar-refractivity contribution is 8.76. The Morgan fingerprint density at radius 3 is 2.27 bits per heavy atom. The van der Waals surface area contributed by atoms with Crippen molar-refractivity contribution in [3.8, 4) is 0 Å². The first-order valence-electron chi connectivity index (χ1n) is 12.6. The van der Waals surface area contributed by atoms with Gasteiger partial charge in [-0.3, -0.25) is 9.59 Å². The van der Waals surface area contributed by atoms with Crippen molar-refractivity contribution in [1.29, 1.82) is 0 Å². The lowest BCUT2D eigenvalue weighted by atomic mass is 10.0. The summed E-state index contributed by atoms with van der Waals surface area (Å²) in [6.45, 7) is 3.03. The molecule has 0 spiro atoms. The monoisotopic (exact) mass is 495 g/mol. The van der Waals surface area contributed by atoms with Crippen LogP contribution in [0.15, 0.2) is 30.3 Å². The number of primary amides is 1. The van der Waals surface area contributed by atoms with Crippen molar-refractivity contribution in [2.24, 2.45) is 5.73 Å². The van der Waals surface area contributed by atoms with Gasteiger partial charge in [0.05, 0.1) is 6.04 Å². The van der Waals surface area contributed by atoms with Gasteiger partial charge in [0, 0.05) is 24.5 Å². The van der Waals surface area contributed by atoms with Gasteiger partial charge < -0.3 is 16.4 Å². The van der Waals surface area contributed by atoms with Gasteiger partial charge in [0.25, 0.3) is 0 Å². The van der Waals surface area contributed by atoms with Gasteiger partial charge in [-0.25, -0.2) is 0 Å². The fourth-order valence-electron chi connectivity index (χ4n) is 3.69. The SMILES string of the molecule is CCCCCCCCCCC(CCN[C@H](Cc1ccccc1)C(N)=O)SSCCC(=O)NC. The van der Waals surface area contributed by atoms with Crippen LogP contribution >= 0.6 is 21.6 Å². The van der Waals surface area contributed by atoms with Crippen molar-refractivity contribution in [3.05, 3.63) is 35.9 Å². The van der Waals surface area contributed by atoms with Gasteiger partial charge in [0.15, 0.2) is 0 Å². The summed E-state index contributed by atoms with van der Waals surface area (Å²) in [6.07, 6.45) is 13.9. The molecule has 0 fully saturated rings. The van der Waals surface area contributed by atoms with E-state index in [0.717, 1.165) is 24.3 Å². The zero-order valence-corrected chi connectivity index (χ0v) is 22.3. The molecule has 5 nitrogen and oxygen atoms in total. The van der Waals surface area contributed by atoms with E-state index >= 15 is 0 Å². The largest absolute Gasteiger partial charge is 0.368 e. The summed E-state index contributed by atoms with van der Waals surface area (Å²) in [6, 6.07) is 9.66. The number of rotatable bonds is 21. The molecule has 2 atom stereocenters. The molecule has 0 saturated carbocycles. The van der Waals surface area contributed by atoms with Crippen LogP contribution in [0.5, 0.6) is 0 Å². The predicted molar refractivity (Wildman–Crippen MR) is 145 cm³/mol. The van der Waals surface area contributed by atoms with E-state index in [2.05, 4.69) is 17.6 Å². The van der Waals surface area contributed by atoms with Crippen molar-refractivity contribution in [2.75, 3.05) is 19.3 Å². The molecule has 1 rings (SSSR count). The zero-order chi connectivity index (χ0) is 24.2. The van der Waals surface area contributed by atoms with E-state index < -0.39 is 0 Å². The Morgan fingerprint density at radius 2 is 1.64 bits per heavy atom. The smallest absolute Gasteiger partial charge is 0.234 e. The van der Waals surface area contributed by atoms with Gasteiger partial charge in [-0.1, -0.05) is 110 Å². The number of unbranched alkanes of at least 4 members (excludes halogenated alkanes) is 7. The van der Waals surface area contributed by atoms with Gasteiger partial charge in [-0.2, -0.15) is 0 Å². The van der Waals surface area contributed by atoms with Crippen LogP contribution in [0, 0.1) is 0 Å². The second-order valence-electron chi connectivity index (χ2n) is 8.61. The molecule has 0 saturated heterocycles. The summed E-state index contributed by atoms with van der Waals surface area (Å²) in [7, 11) is 5.36. The summed E-state index contributed by atoms with van der Waals surface area (Å²) in [4.78, 5) is 23.4. The first-order chi connectivity index (χ1) is 16.1. The zero-order valence-electron chi connectivity index (χ0n) is 20.7. The van der Waals surface area contributed by atoms with Gasteiger partial charge in [0.1, 0.15) is 0 Å². The molecule has 1 aromatic carbocycles. The predicted octanol–water partition coefficient (Wildman–Crippen LogP) is 5.48. The average Bonchev–Trinajstić information content (AvgIpc) is 2.82. The molecule has 0 bridgehead atoms. The molecule has 1 unspecified atom stereocenters. The van der Waals surface area contributed by atoms with Crippen molar-refractivity contribution in [1.82, 2.24) is 10.6 Å². The summed E-state index contributed by atoms with van der Waals surface area (Å²) in [5.74, 6) is 0.615. The molecule has 4 N–H and O–H groups in total. The molecule has 0 radical (unpaired) electrons.